The van der Waals surface area contributed by atoms with Gasteiger partial charge in [-0.15, -0.1) is 0 Å². The third kappa shape index (κ3) is 4.91. The van der Waals surface area contributed by atoms with Gasteiger partial charge in [0.05, 0.1) is 6.10 Å². The quantitative estimate of drug-likeness (QED) is 0.826. The zero-order valence-corrected chi connectivity index (χ0v) is 13.1. The second kappa shape index (κ2) is 7.28. The van der Waals surface area contributed by atoms with Crippen LogP contribution in [0.5, 0.6) is 0 Å². The molecule has 0 heterocycles. The fourth-order valence-corrected chi connectivity index (χ4v) is 2.35. The average molecular weight is 283 g/mol. The molecule has 21 heavy (non-hydrogen) atoms. The van der Waals surface area contributed by atoms with E-state index in [-0.39, 0.29) is 0 Å². The molecular formula is C19H25NO. The number of hydrogen-bond acceptors (Lipinski definition) is 2. The molecule has 0 saturated carbocycles. The molecule has 112 valence electrons. The third-order valence-corrected chi connectivity index (χ3v) is 3.56. The standard InChI is InChI=1S/C19H25NO/c1-14(2)12-16-6-8-17(9-7-16)19(21)13-20-18-10-4-15(3)5-11-18/h4-11,14,19-21H,12-13H2,1-3H3. The summed E-state index contributed by atoms with van der Waals surface area (Å²) in [6.07, 6.45) is 0.595. The van der Waals surface area contributed by atoms with Gasteiger partial charge in [-0.3, -0.25) is 0 Å². The summed E-state index contributed by atoms with van der Waals surface area (Å²) in [7, 11) is 0. The van der Waals surface area contributed by atoms with E-state index in [2.05, 4.69) is 50.4 Å². The highest BCUT2D eigenvalue weighted by Gasteiger charge is 2.07. The fraction of sp³-hybridized carbons (Fsp3) is 0.368. The Bertz CT molecular complexity index is 543. The first-order valence-electron chi connectivity index (χ1n) is 7.62. The topological polar surface area (TPSA) is 32.3 Å². The van der Waals surface area contributed by atoms with Crippen molar-refractivity contribution in [3.05, 3.63) is 65.2 Å². The number of benzene rings is 2. The number of hydrogen-bond donors (Lipinski definition) is 2. The molecule has 0 aliphatic carbocycles. The number of aliphatic hydroxyl groups excluding tert-OH is 1. The highest BCUT2D eigenvalue weighted by atomic mass is 16.3. The van der Waals surface area contributed by atoms with E-state index in [0.29, 0.717) is 12.5 Å². The average Bonchev–Trinajstić information content (AvgIpc) is 2.46. The van der Waals surface area contributed by atoms with Crippen molar-refractivity contribution < 1.29 is 5.11 Å². The predicted molar refractivity (Wildman–Crippen MR) is 89.6 cm³/mol. The summed E-state index contributed by atoms with van der Waals surface area (Å²) in [5, 5.41) is 13.5. The van der Waals surface area contributed by atoms with Crippen LogP contribution in [0.15, 0.2) is 48.5 Å². The van der Waals surface area contributed by atoms with Crippen molar-refractivity contribution in [1.29, 1.82) is 0 Å². The van der Waals surface area contributed by atoms with Gasteiger partial charge in [0, 0.05) is 12.2 Å². The predicted octanol–water partition coefficient (Wildman–Crippen LogP) is 4.34. The Kier molecular flexibility index (Phi) is 5.40. The number of nitrogens with one attached hydrogen (secondary N) is 1. The van der Waals surface area contributed by atoms with Crippen molar-refractivity contribution in [2.45, 2.75) is 33.3 Å². The van der Waals surface area contributed by atoms with Crippen molar-refractivity contribution in [3.8, 4) is 0 Å². The molecule has 0 aliphatic heterocycles. The normalized spacial score (nSPS) is 12.4. The molecule has 0 spiro atoms. The summed E-state index contributed by atoms with van der Waals surface area (Å²) in [5.74, 6) is 0.656. The molecule has 2 aromatic rings. The van der Waals surface area contributed by atoms with Crippen LogP contribution in [0.25, 0.3) is 0 Å². The molecule has 0 radical (unpaired) electrons. The van der Waals surface area contributed by atoms with Gasteiger partial charge in [0.2, 0.25) is 0 Å². The molecule has 0 bridgehead atoms. The van der Waals surface area contributed by atoms with Gasteiger partial charge >= 0.3 is 0 Å². The summed E-state index contributed by atoms with van der Waals surface area (Å²) < 4.78 is 0. The van der Waals surface area contributed by atoms with E-state index in [0.717, 1.165) is 17.7 Å². The van der Waals surface area contributed by atoms with E-state index < -0.39 is 6.10 Å². The Morgan fingerprint density at radius 3 is 2.14 bits per heavy atom. The van der Waals surface area contributed by atoms with E-state index in [1.807, 2.05) is 24.3 Å². The Labute approximate surface area is 127 Å². The van der Waals surface area contributed by atoms with Crippen molar-refractivity contribution in [1.82, 2.24) is 0 Å². The van der Waals surface area contributed by atoms with Crippen molar-refractivity contribution in [2.24, 2.45) is 5.92 Å². The summed E-state index contributed by atoms with van der Waals surface area (Å²) in [6, 6.07) is 16.5. The molecule has 0 aliphatic rings. The van der Waals surface area contributed by atoms with Crippen molar-refractivity contribution >= 4 is 5.69 Å². The molecule has 2 heteroatoms. The van der Waals surface area contributed by atoms with Crippen LogP contribution in [0.2, 0.25) is 0 Å². The molecule has 0 fully saturated rings. The van der Waals surface area contributed by atoms with Gasteiger partial charge in [0.25, 0.3) is 0 Å². The van der Waals surface area contributed by atoms with E-state index in [4.69, 9.17) is 0 Å². The maximum absolute atomic E-state index is 10.2. The molecular weight excluding hydrogens is 258 g/mol. The van der Waals surface area contributed by atoms with Crippen molar-refractivity contribution in [2.75, 3.05) is 11.9 Å². The highest BCUT2D eigenvalue weighted by Crippen LogP contribution is 2.17. The van der Waals surface area contributed by atoms with E-state index in [1.165, 1.54) is 11.1 Å². The second-order valence-corrected chi connectivity index (χ2v) is 6.10. The zero-order valence-electron chi connectivity index (χ0n) is 13.1. The smallest absolute Gasteiger partial charge is 0.0962 e. The van der Waals surface area contributed by atoms with Gasteiger partial charge in [-0.2, -0.15) is 0 Å². The molecule has 0 amide bonds. The Balaban J connectivity index is 1.90. The lowest BCUT2D eigenvalue weighted by Crippen LogP contribution is -2.12. The van der Waals surface area contributed by atoms with Crippen LogP contribution >= 0.6 is 0 Å². The molecule has 1 unspecified atom stereocenters. The maximum atomic E-state index is 10.2. The minimum absolute atomic E-state index is 0.487. The summed E-state index contributed by atoms with van der Waals surface area (Å²) in [6.45, 7) is 7.02. The molecule has 1 atom stereocenters. The van der Waals surface area contributed by atoms with Crippen LogP contribution < -0.4 is 5.32 Å². The van der Waals surface area contributed by atoms with Crippen LogP contribution in [0, 0.1) is 12.8 Å². The summed E-state index contributed by atoms with van der Waals surface area (Å²) >= 11 is 0. The molecule has 0 saturated heterocycles. The van der Waals surface area contributed by atoms with Gasteiger partial charge in [-0.25, -0.2) is 0 Å². The van der Waals surface area contributed by atoms with Gasteiger partial charge in [-0.1, -0.05) is 55.8 Å². The van der Waals surface area contributed by atoms with E-state index in [1.54, 1.807) is 0 Å². The first-order valence-corrected chi connectivity index (χ1v) is 7.62. The van der Waals surface area contributed by atoms with Gasteiger partial charge < -0.3 is 10.4 Å². The van der Waals surface area contributed by atoms with Crippen LogP contribution in [-0.2, 0) is 6.42 Å². The minimum atomic E-state index is -0.487. The van der Waals surface area contributed by atoms with Crippen molar-refractivity contribution in [3.63, 3.8) is 0 Å². The van der Waals surface area contributed by atoms with Gasteiger partial charge in [0.1, 0.15) is 0 Å². The Morgan fingerprint density at radius 1 is 0.952 bits per heavy atom. The molecule has 0 aromatic heterocycles. The summed E-state index contributed by atoms with van der Waals surface area (Å²) in [5.41, 5.74) is 4.56. The number of anilines is 1. The number of aliphatic hydroxyl groups is 1. The van der Waals surface area contributed by atoms with Crippen LogP contribution in [-0.4, -0.2) is 11.7 Å². The van der Waals surface area contributed by atoms with Crippen LogP contribution in [0.4, 0.5) is 5.69 Å². The van der Waals surface area contributed by atoms with Crippen LogP contribution in [0.1, 0.15) is 36.6 Å². The summed E-state index contributed by atoms with van der Waals surface area (Å²) in [4.78, 5) is 0. The lowest BCUT2D eigenvalue weighted by atomic mass is 10.0. The lowest BCUT2D eigenvalue weighted by molar-refractivity contribution is 0.191. The highest BCUT2D eigenvalue weighted by molar-refractivity contribution is 5.44. The van der Waals surface area contributed by atoms with Gasteiger partial charge in [0.15, 0.2) is 0 Å². The molecule has 2 N–H and O–H groups in total. The van der Waals surface area contributed by atoms with E-state index >= 15 is 0 Å². The molecule has 2 aromatic carbocycles. The lowest BCUT2D eigenvalue weighted by Gasteiger charge is -2.14. The second-order valence-electron chi connectivity index (χ2n) is 6.10. The first kappa shape index (κ1) is 15.6. The fourth-order valence-electron chi connectivity index (χ4n) is 2.35. The van der Waals surface area contributed by atoms with E-state index in [9.17, 15) is 5.11 Å². The number of rotatable bonds is 6. The number of aryl methyl sites for hydroxylation is 1. The minimum Gasteiger partial charge on any atom is -0.387 e. The third-order valence-electron chi connectivity index (χ3n) is 3.56. The largest absolute Gasteiger partial charge is 0.387 e. The zero-order chi connectivity index (χ0) is 15.2. The van der Waals surface area contributed by atoms with Crippen LogP contribution in [0.3, 0.4) is 0 Å². The first-order chi connectivity index (χ1) is 10.0. The SMILES string of the molecule is Cc1ccc(NCC(O)c2ccc(CC(C)C)cc2)cc1. The van der Waals surface area contributed by atoms with Gasteiger partial charge in [-0.05, 0) is 42.5 Å². The molecule has 2 rings (SSSR count). The Morgan fingerprint density at radius 2 is 1.57 bits per heavy atom. The maximum Gasteiger partial charge on any atom is 0.0962 e. The Hall–Kier alpha value is -1.80. The monoisotopic (exact) mass is 283 g/mol. The molecule has 2 nitrogen and oxygen atoms in total.